The van der Waals surface area contributed by atoms with E-state index < -0.39 is 23.2 Å². The van der Waals surface area contributed by atoms with Gasteiger partial charge in [0, 0.05) is 30.4 Å². The van der Waals surface area contributed by atoms with E-state index in [1.54, 1.807) is 20.2 Å². The van der Waals surface area contributed by atoms with Crippen molar-refractivity contribution in [2.75, 3.05) is 0 Å². The highest BCUT2D eigenvalue weighted by Crippen LogP contribution is 2.36. The molecule has 2 aromatic heterocycles. The first-order valence-corrected chi connectivity index (χ1v) is 7.52. The molecule has 25 heavy (non-hydrogen) atoms. The van der Waals surface area contributed by atoms with Gasteiger partial charge in [-0.05, 0) is 26.0 Å². The monoisotopic (exact) mass is 351 g/mol. The zero-order valence-electron chi connectivity index (χ0n) is 13.8. The molecule has 0 aliphatic rings. The second kappa shape index (κ2) is 5.73. The molecule has 0 radical (unpaired) electrons. The van der Waals surface area contributed by atoms with E-state index in [0.29, 0.717) is 5.56 Å². The Morgan fingerprint density at radius 2 is 2.00 bits per heavy atom. The first kappa shape index (κ1) is 17.2. The molecule has 0 fully saturated rings. The lowest BCUT2D eigenvalue weighted by atomic mass is 9.99. The van der Waals surface area contributed by atoms with Gasteiger partial charge in [0.05, 0.1) is 22.7 Å². The van der Waals surface area contributed by atoms with E-state index >= 15 is 0 Å². The maximum atomic E-state index is 13.2. The molecule has 0 aliphatic carbocycles. The third-order valence-electron chi connectivity index (χ3n) is 4.03. The number of fused-ring (bicyclic) bond motifs is 1. The Labute approximate surface area is 140 Å². The second-order valence-corrected chi connectivity index (χ2v) is 6.02. The Hall–Kier alpha value is -2.61. The normalized spacial score (nSPS) is 13.4. The van der Waals surface area contributed by atoms with Crippen LogP contribution >= 0.6 is 0 Å². The van der Waals surface area contributed by atoms with Crippen LogP contribution < -0.4 is 11.2 Å². The number of hydrogen-bond acceptors (Lipinski definition) is 4. The largest absolute Gasteiger partial charge is 0.455 e. The minimum atomic E-state index is -4.58. The quantitative estimate of drug-likeness (QED) is 0.766. The summed E-state index contributed by atoms with van der Waals surface area (Å²) in [4.78, 5) is 12.7. The van der Waals surface area contributed by atoms with E-state index in [-0.39, 0.29) is 27.9 Å². The first-order chi connectivity index (χ1) is 11.6. The molecule has 1 atom stereocenters. The fourth-order valence-corrected chi connectivity index (χ4v) is 2.73. The SMILES string of the molecule is Cc1c(-c2cnn(C)c2)oc2c(C(C)N)cc(C(F)(F)F)cc2c1=O. The first-order valence-electron chi connectivity index (χ1n) is 7.52. The molecule has 5 nitrogen and oxygen atoms in total. The Morgan fingerprint density at radius 1 is 1.32 bits per heavy atom. The minimum Gasteiger partial charge on any atom is -0.455 e. The molecule has 8 heteroatoms. The van der Waals surface area contributed by atoms with Gasteiger partial charge in [0.25, 0.3) is 0 Å². The number of halogens is 3. The molecule has 0 amide bonds. The summed E-state index contributed by atoms with van der Waals surface area (Å²) in [6, 6.07) is 1.00. The van der Waals surface area contributed by atoms with Gasteiger partial charge in [-0.15, -0.1) is 0 Å². The molecular formula is C17H16F3N3O2. The third-order valence-corrected chi connectivity index (χ3v) is 4.03. The van der Waals surface area contributed by atoms with Gasteiger partial charge in [-0.25, -0.2) is 0 Å². The lowest BCUT2D eigenvalue weighted by molar-refractivity contribution is -0.137. The highest BCUT2D eigenvalue weighted by molar-refractivity contribution is 5.84. The minimum absolute atomic E-state index is 0.0671. The summed E-state index contributed by atoms with van der Waals surface area (Å²) in [7, 11) is 1.71. The van der Waals surface area contributed by atoms with Gasteiger partial charge in [0.1, 0.15) is 11.3 Å². The van der Waals surface area contributed by atoms with E-state index in [9.17, 15) is 18.0 Å². The maximum absolute atomic E-state index is 13.2. The van der Waals surface area contributed by atoms with Crippen molar-refractivity contribution in [2.24, 2.45) is 12.8 Å². The third kappa shape index (κ3) is 2.93. The highest BCUT2D eigenvalue weighted by atomic mass is 19.4. The van der Waals surface area contributed by atoms with Crippen molar-refractivity contribution in [3.05, 3.63) is 51.4 Å². The molecule has 2 heterocycles. The molecule has 0 saturated heterocycles. The fourth-order valence-electron chi connectivity index (χ4n) is 2.73. The average Bonchev–Trinajstić information content (AvgIpc) is 2.95. The van der Waals surface area contributed by atoms with Gasteiger partial charge in [0.15, 0.2) is 5.43 Å². The summed E-state index contributed by atoms with van der Waals surface area (Å²) < 4.78 is 46.8. The molecule has 0 bridgehead atoms. The number of nitrogens with zero attached hydrogens (tertiary/aromatic N) is 2. The summed E-state index contributed by atoms with van der Waals surface area (Å²) in [5.41, 5.74) is 5.36. The van der Waals surface area contributed by atoms with E-state index in [2.05, 4.69) is 5.10 Å². The van der Waals surface area contributed by atoms with Crippen molar-refractivity contribution in [1.29, 1.82) is 0 Å². The van der Waals surface area contributed by atoms with Gasteiger partial charge >= 0.3 is 6.18 Å². The zero-order valence-corrected chi connectivity index (χ0v) is 13.8. The predicted octanol–water partition coefficient (Wildman–Crippen LogP) is 3.54. The van der Waals surface area contributed by atoms with Gasteiger partial charge < -0.3 is 10.2 Å². The van der Waals surface area contributed by atoms with Crippen molar-refractivity contribution < 1.29 is 17.6 Å². The molecule has 0 spiro atoms. The Kier molecular flexibility index (Phi) is 3.95. The molecule has 1 aromatic carbocycles. The maximum Gasteiger partial charge on any atom is 0.416 e. The van der Waals surface area contributed by atoms with Gasteiger partial charge in [0.2, 0.25) is 0 Å². The average molecular weight is 351 g/mol. The number of hydrogen-bond donors (Lipinski definition) is 1. The van der Waals surface area contributed by atoms with E-state index in [4.69, 9.17) is 10.2 Å². The Balaban J connectivity index is 2.42. The lowest BCUT2D eigenvalue weighted by Gasteiger charge is -2.15. The van der Waals surface area contributed by atoms with Crippen LogP contribution in [0.25, 0.3) is 22.3 Å². The summed E-state index contributed by atoms with van der Waals surface area (Å²) in [5.74, 6) is 0.271. The number of aromatic nitrogens is 2. The highest BCUT2D eigenvalue weighted by Gasteiger charge is 2.33. The standard InChI is InChI=1S/C17H16F3N3O2/c1-8-14(24)13-5-11(17(18,19)20)4-12(9(2)21)16(13)25-15(8)10-6-22-23(3)7-10/h4-7,9H,21H2,1-3H3. The van der Waals surface area contributed by atoms with Crippen molar-refractivity contribution in [1.82, 2.24) is 9.78 Å². The van der Waals surface area contributed by atoms with Crippen LogP contribution in [-0.2, 0) is 13.2 Å². The van der Waals surface area contributed by atoms with Crippen molar-refractivity contribution in [3.8, 4) is 11.3 Å². The second-order valence-electron chi connectivity index (χ2n) is 6.02. The van der Waals surface area contributed by atoms with Crippen LogP contribution in [-0.4, -0.2) is 9.78 Å². The lowest BCUT2D eigenvalue weighted by Crippen LogP contribution is -2.15. The molecule has 0 aliphatic heterocycles. The molecular weight excluding hydrogens is 335 g/mol. The molecule has 3 aromatic rings. The van der Waals surface area contributed by atoms with Crippen LogP contribution in [0.15, 0.2) is 33.7 Å². The van der Waals surface area contributed by atoms with Gasteiger partial charge in [-0.1, -0.05) is 0 Å². The predicted molar refractivity (Wildman–Crippen MR) is 87.0 cm³/mol. The Bertz CT molecular complexity index is 1020. The molecule has 132 valence electrons. The molecule has 2 N–H and O–H groups in total. The van der Waals surface area contributed by atoms with Crippen LogP contribution in [0.2, 0.25) is 0 Å². The number of alkyl halides is 3. The number of aryl methyl sites for hydroxylation is 1. The zero-order chi connectivity index (χ0) is 18.5. The topological polar surface area (TPSA) is 74.1 Å². The van der Waals surface area contributed by atoms with Crippen LogP contribution in [0, 0.1) is 6.92 Å². The number of nitrogens with two attached hydrogens (primary N) is 1. The summed E-state index contributed by atoms with van der Waals surface area (Å²) in [5, 5.41) is 3.90. The fraction of sp³-hybridized carbons (Fsp3) is 0.294. The molecule has 0 saturated carbocycles. The summed E-state index contributed by atoms with van der Waals surface area (Å²) in [6.45, 7) is 3.05. The van der Waals surface area contributed by atoms with E-state index in [0.717, 1.165) is 12.1 Å². The van der Waals surface area contributed by atoms with Crippen LogP contribution in [0.4, 0.5) is 13.2 Å². The molecule has 1 unspecified atom stereocenters. The van der Waals surface area contributed by atoms with Gasteiger partial charge in [-0.3, -0.25) is 9.48 Å². The van der Waals surface area contributed by atoms with Crippen LogP contribution in [0.3, 0.4) is 0 Å². The summed E-state index contributed by atoms with van der Waals surface area (Å²) in [6.07, 6.45) is -1.40. The summed E-state index contributed by atoms with van der Waals surface area (Å²) >= 11 is 0. The van der Waals surface area contributed by atoms with Crippen LogP contribution in [0.5, 0.6) is 0 Å². The number of rotatable bonds is 2. The van der Waals surface area contributed by atoms with Crippen molar-refractivity contribution >= 4 is 11.0 Å². The van der Waals surface area contributed by atoms with Crippen molar-refractivity contribution in [3.63, 3.8) is 0 Å². The molecule has 3 rings (SSSR count). The number of benzene rings is 1. The van der Waals surface area contributed by atoms with E-state index in [1.165, 1.54) is 17.8 Å². The van der Waals surface area contributed by atoms with Crippen LogP contribution in [0.1, 0.15) is 29.7 Å². The van der Waals surface area contributed by atoms with E-state index in [1.807, 2.05) is 0 Å². The van der Waals surface area contributed by atoms with Gasteiger partial charge in [-0.2, -0.15) is 18.3 Å². The smallest absolute Gasteiger partial charge is 0.416 e. The Morgan fingerprint density at radius 3 is 2.52 bits per heavy atom. The van der Waals surface area contributed by atoms with Crippen molar-refractivity contribution in [2.45, 2.75) is 26.1 Å².